The minimum atomic E-state index is -3.92. The highest BCUT2D eigenvalue weighted by atomic mass is 32.2. The van der Waals surface area contributed by atoms with Gasteiger partial charge in [0, 0.05) is 0 Å². The highest BCUT2D eigenvalue weighted by Crippen LogP contribution is 2.26. The summed E-state index contributed by atoms with van der Waals surface area (Å²) in [6.45, 7) is 1.94. The fourth-order valence-corrected chi connectivity index (χ4v) is 3.97. The first-order valence-corrected chi connectivity index (χ1v) is 9.40. The minimum absolute atomic E-state index is 0.0124. The van der Waals surface area contributed by atoms with Crippen LogP contribution in [0.3, 0.4) is 0 Å². The normalized spacial score (nSPS) is 11.3. The Morgan fingerprint density at radius 3 is 1.81 bits per heavy atom. The first-order chi connectivity index (χ1) is 12.4. The lowest BCUT2D eigenvalue weighted by molar-refractivity contribution is 0.589. The number of nitrogens with zero attached hydrogens (tertiary/aromatic N) is 1. The van der Waals surface area contributed by atoms with E-state index in [2.05, 4.69) is 0 Å². The van der Waals surface area contributed by atoms with Crippen LogP contribution in [-0.4, -0.2) is 8.42 Å². The summed E-state index contributed by atoms with van der Waals surface area (Å²) in [5, 5.41) is 0. The van der Waals surface area contributed by atoms with Crippen LogP contribution in [0.4, 0.5) is 14.5 Å². The fourth-order valence-electron chi connectivity index (χ4n) is 2.52. The number of aryl methyl sites for hydroxylation is 1. The maximum atomic E-state index is 13.2. The highest BCUT2D eigenvalue weighted by molar-refractivity contribution is 7.92. The van der Waals surface area contributed by atoms with Gasteiger partial charge in [-0.2, -0.15) is 0 Å². The average molecular weight is 373 g/mol. The molecule has 3 aromatic rings. The average Bonchev–Trinajstić information content (AvgIpc) is 2.62. The van der Waals surface area contributed by atoms with Crippen molar-refractivity contribution in [3.05, 3.63) is 95.6 Å². The van der Waals surface area contributed by atoms with E-state index >= 15 is 0 Å². The molecular weight excluding hydrogens is 356 g/mol. The molecule has 6 heteroatoms. The predicted molar refractivity (Wildman–Crippen MR) is 97.3 cm³/mol. The monoisotopic (exact) mass is 373 g/mol. The van der Waals surface area contributed by atoms with Crippen LogP contribution in [0.1, 0.15) is 11.1 Å². The molecule has 0 aliphatic heterocycles. The molecule has 0 amide bonds. The second-order valence-electron chi connectivity index (χ2n) is 5.93. The molecule has 3 nitrogen and oxygen atoms in total. The fraction of sp³-hybridized carbons (Fsp3) is 0.100. The predicted octanol–water partition coefficient (Wildman–Crippen LogP) is 4.67. The van der Waals surface area contributed by atoms with Crippen LogP contribution in [0.15, 0.2) is 77.7 Å². The van der Waals surface area contributed by atoms with Crippen LogP contribution in [0.25, 0.3) is 0 Å². The van der Waals surface area contributed by atoms with Crippen molar-refractivity contribution in [3.8, 4) is 0 Å². The van der Waals surface area contributed by atoms with E-state index in [9.17, 15) is 17.2 Å². The summed E-state index contributed by atoms with van der Waals surface area (Å²) in [5.74, 6) is -0.901. The van der Waals surface area contributed by atoms with Crippen LogP contribution >= 0.6 is 0 Å². The Bertz CT molecular complexity index is 983. The van der Waals surface area contributed by atoms with Crippen LogP contribution in [-0.2, 0) is 16.6 Å². The number of halogens is 2. The van der Waals surface area contributed by atoms with E-state index in [4.69, 9.17) is 0 Å². The summed E-state index contributed by atoms with van der Waals surface area (Å²) >= 11 is 0. The molecule has 0 bridgehead atoms. The number of benzene rings is 3. The molecule has 0 unspecified atom stereocenters. The maximum absolute atomic E-state index is 13.2. The molecule has 0 saturated heterocycles. The summed E-state index contributed by atoms with van der Waals surface area (Å²) in [6.07, 6.45) is 0. The molecule has 0 saturated carbocycles. The number of anilines is 1. The van der Waals surface area contributed by atoms with Crippen molar-refractivity contribution in [2.45, 2.75) is 18.4 Å². The Labute approximate surface area is 151 Å². The van der Waals surface area contributed by atoms with Crippen molar-refractivity contribution in [1.29, 1.82) is 0 Å². The topological polar surface area (TPSA) is 37.4 Å². The third kappa shape index (κ3) is 3.91. The van der Waals surface area contributed by atoms with Gasteiger partial charge in [-0.05, 0) is 61.0 Å². The molecule has 26 heavy (non-hydrogen) atoms. The first-order valence-electron chi connectivity index (χ1n) is 7.96. The smallest absolute Gasteiger partial charge is 0.262 e. The number of sulfonamides is 1. The van der Waals surface area contributed by atoms with E-state index in [0.717, 1.165) is 17.7 Å². The highest BCUT2D eigenvalue weighted by Gasteiger charge is 2.25. The van der Waals surface area contributed by atoms with Gasteiger partial charge in [0.15, 0.2) is 0 Å². The lowest BCUT2D eigenvalue weighted by Gasteiger charge is -2.25. The molecule has 3 rings (SSSR count). The van der Waals surface area contributed by atoms with Crippen LogP contribution in [0.2, 0.25) is 0 Å². The summed E-state index contributed by atoms with van der Waals surface area (Å²) in [6, 6.07) is 17.4. The van der Waals surface area contributed by atoms with Gasteiger partial charge >= 0.3 is 0 Å². The summed E-state index contributed by atoms with van der Waals surface area (Å²) in [5.41, 5.74) is 2.11. The van der Waals surface area contributed by atoms with Gasteiger partial charge < -0.3 is 0 Å². The molecule has 0 fully saturated rings. The van der Waals surface area contributed by atoms with Gasteiger partial charge in [-0.3, -0.25) is 4.31 Å². The van der Waals surface area contributed by atoms with E-state index in [1.807, 2.05) is 19.1 Å². The van der Waals surface area contributed by atoms with Crippen LogP contribution in [0.5, 0.6) is 0 Å². The lowest BCUT2D eigenvalue weighted by Crippen LogP contribution is -2.30. The summed E-state index contributed by atoms with van der Waals surface area (Å²) in [4.78, 5) is -0.0124. The van der Waals surface area contributed by atoms with Crippen LogP contribution in [0, 0.1) is 18.6 Å². The number of hydrogen-bond donors (Lipinski definition) is 0. The molecule has 3 aromatic carbocycles. The zero-order chi connectivity index (χ0) is 18.7. The Morgan fingerprint density at radius 1 is 0.769 bits per heavy atom. The van der Waals surface area contributed by atoms with Crippen molar-refractivity contribution in [2.75, 3.05) is 4.31 Å². The van der Waals surface area contributed by atoms with E-state index in [-0.39, 0.29) is 11.4 Å². The molecule has 0 N–H and O–H groups in total. The zero-order valence-corrected chi connectivity index (χ0v) is 14.9. The molecule has 0 heterocycles. The quantitative estimate of drug-likeness (QED) is 0.652. The number of hydrogen-bond acceptors (Lipinski definition) is 2. The Morgan fingerprint density at radius 2 is 1.27 bits per heavy atom. The molecule has 0 aromatic heterocycles. The van der Waals surface area contributed by atoms with Crippen molar-refractivity contribution >= 4 is 15.7 Å². The maximum Gasteiger partial charge on any atom is 0.264 e. The van der Waals surface area contributed by atoms with Gasteiger partial charge in [-0.1, -0.05) is 29.8 Å². The first kappa shape index (κ1) is 18.1. The van der Waals surface area contributed by atoms with Gasteiger partial charge in [0.05, 0.1) is 17.1 Å². The molecule has 0 atom stereocenters. The Hall–Kier alpha value is -2.73. The van der Waals surface area contributed by atoms with Gasteiger partial charge in [-0.15, -0.1) is 0 Å². The second-order valence-corrected chi connectivity index (χ2v) is 7.79. The van der Waals surface area contributed by atoms with Gasteiger partial charge in [-0.25, -0.2) is 17.2 Å². The molecule has 0 spiro atoms. The van der Waals surface area contributed by atoms with Gasteiger partial charge in [0.2, 0.25) is 0 Å². The van der Waals surface area contributed by atoms with Crippen molar-refractivity contribution in [3.63, 3.8) is 0 Å². The second kappa shape index (κ2) is 7.25. The van der Waals surface area contributed by atoms with Gasteiger partial charge in [0.1, 0.15) is 11.6 Å². The molecular formula is C20H17F2NO2S. The largest absolute Gasteiger partial charge is 0.264 e. The Kier molecular flexibility index (Phi) is 5.04. The zero-order valence-electron chi connectivity index (χ0n) is 14.1. The van der Waals surface area contributed by atoms with E-state index < -0.39 is 21.7 Å². The Balaban J connectivity index is 2.05. The third-order valence-corrected chi connectivity index (χ3v) is 5.75. The lowest BCUT2D eigenvalue weighted by atomic mass is 10.2. The molecule has 0 radical (unpaired) electrons. The molecule has 0 aliphatic carbocycles. The minimum Gasteiger partial charge on any atom is -0.262 e. The third-order valence-electron chi connectivity index (χ3n) is 3.96. The molecule has 0 aliphatic rings. The van der Waals surface area contributed by atoms with E-state index in [1.165, 1.54) is 40.7 Å². The SMILES string of the molecule is Cc1ccc(N(Cc2ccc(F)cc2)S(=O)(=O)c2ccc(F)cc2)cc1. The van der Waals surface area contributed by atoms with Crippen LogP contribution < -0.4 is 4.31 Å². The summed E-state index contributed by atoms with van der Waals surface area (Å²) < 4.78 is 53.8. The molecule has 134 valence electrons. The van der Waals surface area contributed by atoms with Crippen molar-refractivity contribution < 1.29 is 17.2 Å². The number of rotatable bonds is 5. The van der Waals surface area contributed by atoms with E-state index in [0.29, 0.717) is 11.3 Å². The van der Waals surface area contributed by atoms with E-state index in [1.54, 1.807) is 12.1 Å². The summed E-state index contributed by atoms with van der Waals surface area (Å²) in [7, 11) is -3.92. The standard InChI is InChI=1S/C20H17F2NO2S/c1-15-2-10-19(11-3-15)23(14-16-4-6-17(21)7-5-16)26(24,25)20-12-8-18(22)9-13-20/h2-13H,14H2,1H3. The van der Waals surface area contributed by atoms with Gasteiger partial charge in [0.25, 0.3) is 10.0 Å². The van der Waals surface area contributed by atoms with Crippen molar-refractivity contribution in [1.82, 2.24) is 0 Å². The van der Waals surface area contributed by atoms with Crippen molar-refractivity contribution in [2.24, 2.45) is 0 Å².